The summed E-state index contributed by atoms with van der Waals surface area (Å²) < 4.78 is 5.42. The number of carbonyl (C=O) groups is 1. The van der Waals surface area contributed by atoms with Crippen LogP contribution in [0, 0.1) is 22.7 Å². The minimum atomic E-state index is -0.543. The Kier molecular flexibility index (Phi) is 6.67. The molecule has 0 spiro atoms. The van der Waals surface area contributed by atoms with Gasteiger partial charge in [-0.25, -0.2) is 4.79 Å². The maximum Gasteiger partial charge on any atom is 0.343 e. The van der Waals surface area contributed by atoms with Crippen LogP contribution in [0.3, 0.4) is 0 Å². The van der Waals surface area contributed by atoms with Crippen LogP contribution in [0.2, 0.25) is 10.0 Å². The molecule has 0 radical (unpaired) electrons. The number of fused-ring (bicyclic) bond motifs is 1. The van der Waals surface area contributed by atoms with Crippen LogP contribution in [0.25, 0.3) is 6.08 Å². The van der Waals surface area contributed by atoms with Crippen molar-refractivity contribution >= 4 is 35.2 Å². The Labute approximate surface area is 205 Å². The summed E-state index contributed by atoms with van der Waals surface area (Å²) >= 11 is 12.2. The number of carbonyl (C=O) groups excluding carboxylic acids is 1. The molecule has 5 unspecified atom stereocenters. The zero-order valence-electron chi connectivity index (χ0n) is 19.0. The van der Waals surface area contributed by atoms with Gasteiger partial charge in [0.15, 0.2) is 0 Å². The Morgan fingerprint density at radius 1 is 1.27 bits per heavy atom. The zero-order valence-corrected chi connectivity index (χ0v) is 20.5. The van der Waals surface area contributed by atoms with E-state index in [2.05, 4.69) is 19.6 Å². The van der Waals surface area contributed by atoms with Crippen LogP contribution in [0.15, 0.2) is 59.9 Å². The molecule has 4 nitrogen and oxygen atoms in total. The molecular weight excluding hydrogens is 459 g/mol. The molecule has 2 saturated carbocycles. The summed E-state index contributed by atoms with van der Waals surface area (Å²) in [5, 5.41) is 21.8. The Morgan fingerprint density at radius 3 is 2.73 bits per heavy atom. The van der Waals surface area contributed by atoms with Crippen molar-refractivity contribution < 1.29 is 19.7 Å². The lowest BCUT2D eigenvalue weighted by Gasteiger charge is -2.59. The van der Waals surface area contributed by atoms with E-state index in [0.29, 0.717) is 33.4 Å². The standard InChI is InChI=1S/C27H30Cl2O4/c1-16-4-9-23-26(2,11-10-24(31)27(23,3)15-30)21(16)8-6-18-13-20(33-25(18)32)12-17-5-7-19(28)14-22(17)29/h5-8,12-14,21,23-24,30-31H,1,4,9-11,15H2,2-3H3. The van der Waals surface area contributed by atoms with Crippen LogP contribution in [0.4, 0.5) is 0 Å². The van der Waals surface area contributed by atoms with Gasteiger partial charge in [0.05, 0.1) is 18.3 Å². The molecule has 1 aromatic carbocycles. The van der Waals surface area contributed by atoms with E-state index in [4.69, 9.17) is 27.9 Å². The van der Waals surface area contributed by atoms with Gasteiger partial charge in [0.1, 0.15) is 5.76 Å². The van der Waals surface area contributed by atoms with Crippen LogP contribution < -0.4 is 0 Å². The third-order valence-corrected chi connectivity index (χ3v) is 8.59. The van der Waals surface area contributed by atoms with Gasteiger partial charge in [-0.05, 0) is 66.9 Å². The van der Waals surface area contributed by atoms with Gasteiger partial charge in [0.2, 0.25) is 0 Å². The molecule has 3 aliphatic rings. The first-order chi connectivity index (χ1) is 15.6. The van der Waals surface area contributed by atoms with E-state index >= 15 is 0 Å². The van der Waals surface area contributed by atoms with Gasteiger partial charge in [-0.3, -0.25) is 0 Å². The van der Waals surface area contributed by atoms with E-state index < -0.39 is 17.5 Å². The number of aliphatic hydroxyl groups excluding tert-OH is 2. The molecule has 0 aromatic heterocycles. The summed E-state index contributed by atoms with van der Waals surface area (Å²) in [4.78, 5) is 12.5. The molecule has 2 N–H and O–H groups in total. The monoisotopic (exact) mass is 488 g/mol. The molecule has 2 aliphatic carbocycles. The number of hydrogen-bond acceptors (Lipinski definition) is 4. The number of ether oxygens (including phenoxy) is 1. The highest BCUT2D eigenvalue weighted by atomic mass is 35.5. The van der Waals surface area contributed by atoms with E-state index in [9.17, 15) is 15.0 Å². The van der Waals surface area contributed by atoms with Crippen LogP contribution in [-0.2, 0) is 9.53 Å². The second-order valence-electron chi connectivity index (χ2n) is 10.0. The summed E-state index contributed by atoms with van der Waals surface area (Å²) in [6.07, 6.45) is 9.98. The molecular formula is C27H30Cl2O4. The van der Waals surface area contributed by atoms with E-state index in [-0.39, 0.29) is 23.9 Å². The number of cyclic esters (lactones) is 1. The molecule has 5 atom stereocenters. The average Bonchev–Trinajstić information content (AvgIpc) is 3.11. The number of rotatable bonds is 4. The number of hydrogen-bond donors (Lipinski definition) is 2. The minimum absolute atomic E-state index is 0.0436. The lowest BCUT2D eigenvalue weighted by atomic mass is 9.46. The van der Waals surface area contributed by atoms with Crippen molar-refractivity contribution in [3.05, 3.63) is 75.5 Å². The lowest BCUT2D eigenvalue weighted by molar-refractivity contribution is -0.145. The van der Waals surface area contributed by atoms with Crippen LogP contribution in [0.5, 0.6) is 0 Å². The highest BCUT2D eigenvalue weighted by Crippen LogP contribution is 2.61. The van der Waals surface area contributed by atoms with Gasteiger partial charge in [-0.1, -0.05) is 67.4 Å². The SMILES string of the molecule is C=C1CCC2C(C)(CO)C(O)CCC2(C)C1C=CC1=CC(=Cc2ccc(Cl)cc2Cl)OC1=O. The molecule has 0 saturated heterocycles. The normalized spacial score (nSPS) is 35.6. The minimum Gasteiger partial charge on any atom is -0.423 e. The number of allylic oxidation sites excluding steroid dienone is 3. The van der Waals surface area contributed by atoms with Crippen molar-refractivity contribution in [2.24, 2.45) is 22.7 Å². The maximum atomic E-state index is 12.5. The van der Waals surface area contributed by atoms with Crippen molar-refractivity contribution in [3.8, 4) is 0 Å². The highest BCUT2D eigenvalue weighted by Gasteiger charge is 2.57. The fourth-order valence-electron chi connectivity index (χ4n) is 6.06. The molecule has 1 heterocycles. The topological polar surface area (TPSA) is 66.8 Å². The van der Waals surface area contributed by atoms with Gasteiger partial charge >= 0.3 is 5.97 Å². The van der Waals surface area contributed by atoms with E-state index in [0.717, 1.165) is 24.8 Å². The first-order valence-electron chi connectivity index (χ1n) is 11.3. The number of halogens is 2. The summed E-state index contributed by atoms with van der Waals surface area (Å²) in [6, 6.07) is 5.15. The number of benzene rings is 1. The van der Waals surface area contributed by atoms with Crippen LogP contribution >= 0.6 is 23.2 Å². The van der Waals surface area contributed by atoms with Crippen molar-refractivity contribution in [2.45, 2.75) is 45.6 Å². The summed E-state index contributed by atoms with van der Waals surface area (Å²) in [5.74, 6) is 0.210. The lowest BCUT2D eigenvalue weighted by Crippen LogP contribution is -2.57. The van der Waals surface area contributed by atoms with Crippen molar-refractivity contribution in [2.75, 3.05) is 6.61 Å². The van der Waals surface area contributed by atoms with Gasteiger partial charge in [0, 0.05) is 21.4 Å². The number of esters is 1. The fourth-order valence-corrected chi connectivity index (χ4v) is 6.52. The van der Waals surface area contributed by atoms with Crippen molar-refractivity contribution in [3.63, 3.8) is 0 Å². The zero-order chi connectivity index (χ0) is 24.0. The van der Waals surface area contributed by atoms with E-state index in [1.54, 1.807) is 30.4 Å². The Balaban J connectivity index is 1.61. The first-order valence-corrected chi connectivity index (χ1v) is 12.1. The Hall–Kier alpha value is -1.85. The number of aliphatic hydroxyl groups is 2. The molecule has 6 heteroatoms. The quantitative estimate of drug-likeness (QED) is 0.395. The molecule has 0 amide bonds. The second kappa shape index (κ2) is 9.07. The Bertz CT molecular complexity index is 1070. The maximum absolute atomic E-state index is 12.5. The molecule has 176 valence electrons. The summed E-state index contributed by atoms with van der Waals surface area (Å²) in [6.45, 7) is 8.50. The van der Waals surface area contributed by atoms with Crippen LogP contribution in [0.1, 0.15) is 45.1 Å². The molecule has 33 heavy (non-hydrogen) atoms. The largest absolute Gasteiger partial charge is 0.423 e. The first kappa shape index (κ1) is 24.3. The molecule has 0 bridgehead atoms. The highest BCUT2D eigenvalue weighted by molar-refractivity contribution is 6.35. The third kappa shape index (κ3) is 4.35. The predicted octanol–water partition coefficient (Wildman–Crippen LogP) is 6.12. The van der Waals surface area contributed by atoms with Gasteiger partial charge in [0.25, 0.3) is 0 Å². The van der Waals surface area contributed by atoms with Gasteiger partial charge in [-0.2, -0.15) is 0 Å². The molecule has 4 rings (SSSR count). The van der Waals surface area contributed by atoms with Crippen LogP contribution in [-0.4, -0.2) is 28.9 Å². The van der Waals surface area contributed by atoms with Gasteiger partial charge in [-0.15, -0.1) is 0 Å². The summed E-state index contributed by atoms with van der Waals surface area (Å²) in [7, 11) is 0. The van der Waals surface area contributed by atoms with Gasteiger partial charge < -0.3 is 14.9 Å². The third-order valence-electron chi connectivity index (χ3n) is 8.03. The molecule has 1 aromatic rings. The smallest absolute Gasteiger partial charge is 0.343 e. The van der Waals surface area contributed by atoms with E-state index in [1.807, 2.05) is 13.0 Å². The average molecular weight is 489 g/mol. The second-order valence-corrected chi connectivity index (χ2v) is 10.9. The van der Waals surface area contributed by atoms with E-state index in [1.165, 1.54) is 0 Å². The predicted molar refractivity (Wildman–Crippen MR) is 132 cm³/mol. The van der Waals surface area contributed by atoms with Crippen molar-refractivity contribution in [1.82, 2.24) is 0 Å². The fraction of sp³-hybridized carbons (Fsp3) is 0.444. The molecule has 2 fully saturated rings. The molecule has 1 aliphatic heterocycles. The van der Waals surface area contributed by atoms with Crippen molar-refractivity contribution in [1.29, 1.82) is 0 Å². The Morgan fingerprint density at radius 2 is 2.03 bits per heavy atom. The summed E-state index contributed by atoms with van der Waals surface area (Å²) in [5.41, 5.74) is 1.61.